The van der Waals surface area contributed by atoms with Gasteiger partial charge in [-0.3, -0.25) is 14.4 Å². The molecule has 2 amide bonds. The number of ether oxygens (including phenoxy) is 1. The summed E-state index contributed by atoms with van der Waals surface area (Å²) in [5.41, 5.74) is 3.08. The fraction of sp³-hybridized carbons (Fsp3) is 0.286. The average molecular weight is 403 g/mol. The maximum absolute atomic E-state index is 12.2. The van der Waals surface area contributed by atoms with E-state index in [0.717, 1.165) is 16.7 Å². The van der Waals surface area contributed by atoms with Gasteiger partial charge >= 0.3 is 5.97 Å². The van der Waals surface area contributed by atoms with Crippen molar-refractivity contribution in [3.05, 3.63) is 64.2 Å². The highest BCUT2D eigenvalue weighted by Crippen LogP contribution is 2.27. The molecule has 0 saturated carbocycles. The Labute approximate surface area is 169 Å². The van der Waals surface area contributed by atoms with Gasteiger partial charge in [-0.15, -0.1) is 0 Å². The molecule has 0 aliphatic heterocycles. The largest absolute Gasteiger partial charge is 0.455 e. The van der Waals surface area contributed by atoms with E-state index in [1.807, 2.05) is 50.2 Å². The van der Waals surface area contributed by atoms with Gasteiger partial charge in [-0.2, -0.15) is 0 Å². The average Bonchev–Trinajstić information content (AvgIpc) is 2.63. The number of nitrogens with one attached hydrogen (secondary N) is 2. The summed E-state index contributed by atoms with van der Waals surface area (Å²) < 4.78 is 5.07. The van der Waals surface area contributed by atoms with E-state index in [9.17, 15) is 14.4 Å². The Morgan fingerprint density at radius 3 is 2.39 bits per heavy atom. The molecule has 0 aliphatic carbocycles. The van der Waals surface area contributed by atoms with E-state index in [1.165, 1.54) is 6.92 Å². The molecule has 0 radical (unpaired) electrons. The Morgan fingerprint density at radius 2 is 1.79 bits per heavy atom. The zero-order chi connectivity index (χ0) is 20.7. The molecule has 148 valence electrons. The van der Waals surface area contributed by atoms with E-state index in [-0.39, 0.29) is 12.3 Å². The first-order valence-corrected chi connectivity index (χ1v) is 9.18. The Bertz CT molecular complexity index is 845. The predicted molar refractivity (Wildman–Crippen MR) is 108 cm³/mol. The van der Waals surface area contributed by atoms with Crippen LogP contribution in [-0.2, 0) is 19.1 Å². The van der Waals surface area contributed by atoms with Gasteiger partial charge in [0, 0.05) is 6.92 Å². The van der Waals surface area contributed by atoms with Gasteiger partial charge in [-0.05, 0) is 36.6 Å². The minimum Gasteiger partial charge on any atom is -0.455 e. The number of anilines is 1. The van der Waals surface area contributed by atoms with Crippen LogP contribution in [0, 0.1) is 13.8 Å². The van der Waals surface area contributed by atoms with Gasteiger partial charge in [0.2, 0.25) is 5.91 Å². The van der Waals surface area contributed by atoms with Gasteiger partial charge in [-0.1, -0.05) is 48.0 Å². The molecular formula is C21H23ClN2O4. The Morgan fingerprint density at radius 1 is 1.11 bits per heavy atom. The molecule has 0 aliphatic rings. The molecule has 0 saturated heterocycles. The first-order chi connectivity index (χ1) is 13.3. The molecule has 2 aromatic rings. The van der Waals surface area contributed by atoms with Crippen LogP contribution in [0.15, 0.2) is 42.5 Å². The highest BCUT2D eigenvalue weighted by atomic mass is 35.5. The van der Waals surface area contributed by atoms with Crippen LogP contribution in [0.1, 0.15) is 36.1 Å². The van der Waals surface area contributed by atoms with Gasteiger partial charge in [0.05, 0.1) is 23.2 Å². The lowest BCUT2D eigenvalue weighted by molar-refractivity contribution is -0.148. The van der Waals surface area contributed by atoms with Crippen molar-refractivity contribution in [3.8, 4) is 0 Å². The number of hydrogen-bond acceptors (Lipinski definition) is 4. The molecule has 0 aromatic heterocycles. The van der Waals surface area contributed by atoms with E-state index in [4.69, 9.17) is 16.3 Å². The number of aryl methyl sites for hydroxylation is 2. The lowest BCUT2D eigenvalue weighted by Gasteiger charge is -2.17. The standard InChI is InChI=1S/C21H23ClN2O4/c1-13-9-14(2)21(17(22)10-13)24-19(26)12-28-20(27)11-18(23-15(3)25)16-7-5-4-6-8-16/h4-10,18H,11-12H2,1-3H3,(H,23,25)(H,24,26)/t18-/m0/s1. The Hall–Kier alpha value is -2.86. The summed E-state index contributed by atoms with van der Waals surface area (Å²) in [6.07, 6.45) is -0.0822. The number of benzene rings is 2. The van der Waals surface area contributed by atoms with Gasteiger partial charge in [-0.25, -0.2) is 0 Å². The fourth-order valence-corrected chi connectivity index (χ4v) is 3.17. The van der Waals surface area contributed by atoms with Gasteiger partial charge < -0.3 is 15.4 Å². The van der Waals surface area contributed by atoms with Crippen LogP contribution in [0.5, 0.6) is 0 Å². The predicted octanol–water partition coefficient (Wildman–Crippen LogP) is 3.71. The van der Waals surface area contributed by atoms with Crippen molar-refractivity contribution < 1.29 is 19.1 Å². The van der Waals surface area contributed by atoms with Crippen molar-refractivity contribution in [3.63, 3.8) is 0 Å². The summed E-state index contributed by atoms with van der Waals surface area (Å²) in [6.45, 7) is 4.68. The SMILES string of the molecule is CC(=O)N[C@@H](CC(=O)OCC(=O)Nc1c(C)cc(C)cc1Cl)c1ccccc1. The molecule has 2 rings (SSSR count). The minimum atomic E-state index is -0.593. The number of hydrogen-bond donors (Lipinski definition) is 2. The molecule has 28 heavy (non-hydrogen) atoms. The van der Waals surface area contributed by atoms with Gasteiger partial charge in [0.15, 0.2) is 6.61 Å². The lowest BCUT2D eigenvalue weighted by atomic mass is 10.0. The molecule has 0 fully saturated rings. The number of esters is 1. The van der Waals surface area contributed by atoms with Gasteiger partial charge in [0.1, 0.15) is 0 Å². The molecular weight excluding hydrogens is 380 g/mol. The van der Waals surface area contributed by atoms with Gasteiger partial charge in [0.25, 0.3) is 5.91 Å². The maximum Gasteiger partial charge on any atom is 0.308 e. The second-order valence-corrected chi connectivity index (χ2v) is 6.92. The highest BCUT2D eigenvalue weighted by molar-refractivity contribution is 6.34. The first kappa shape index (κ1) is 21.4. The number of carbonyl (C=O) groups excluding carboxylic acids is 3. The summed E-state index contributed by atoms with van der Waals surface area (Å²) in [7, 11) is 0. The van der Waals surface area contributed by atoms with E-state index in [2.05, 4.69) is 10.6 Å². The topological polar surface area (TPSA) is 84.5 Å². The summed E-state index contributed by atoms with van der Waals surface area (Å²) in [5.74, 6) is -1.34. The molecule has 0 bridgehead atoms. The number of rotatable bonds is 7. The van der Waals surface area contributed by atoms with E-state index < -0.39 is 24.5 Å². The highest BCUT2D eigenvalue weighted by Gasteiger charge is 2.19. The quantitative estimate of drug-likeness (QED) is 0.691. The molecule has 0 spiro atoms. The maximum atomic E-state index is 12.2. The van der Waals surface area contributed by atoms with Crippen LogP contribution in [0.25, 0.3) is 0 Å². The van der Waals surface area contributed by atoms with Crippen LogP contribution in [-0.4, -0.2) is 24.4 Å². The van der Waals surface area contributed by atoms with Crippen LogP contribution in [0.4, 0.5) is 5.69 Å². The van der Waals surface area contributed by atoms with Crippen molar-refractivity contribution in [1.82, 2.24) is 5.32 Å². The smallest absolute Gasteiger partial charge is 0.308 e. The molecule has 7 heteroatoms. The number of halogens is 1. The summed E-state index contributed by atoms with van der Waals surface area (Å²) in [6, 6.07) is 12.2. The summed E-state index contributed by atoms with van der Waals surface area (Å²) in [5, 5.41) is 5.80. The van der Waals surface area contributed by atoms with Crippen molar-refractivity contribution in [2.75, 3.05) is 11.9 Å². The van der Waals surface area contributed by atoms with Crippen LogP contribution in [0.3, 0.4) is 0 Å². The zero-order valence-corrected chi connectivity index (χ0v) is 16.8. The fourth-order valence-electron chi connectivity index (χ4n) is 2.80. The first-order valence-electron chi connectivity index (χ1n) is 8.80. The molecule has 1 atom stereocenters. The van der Waals surface area contributed by atoms with E-state index >= 15 is 0 Å². The Kier molecular flexibility index (Phi) is 7.58. The molecule has 0 heterocycles. The van der Waals surface area contributed by atoms with Crippen LogP contribution < -0.4 is 10.6 Å². The monoisotopic (exact) mass is 402 g/mol. The zero-order valence-electron chi connectivity index (χ0n) is 16.0. The summed E-state index contributed by atoms with van der Waals surface area (Å²) >= 11 is 6.16. The molecule has 2 aromatic carbocycles. The molecule has 0 unspecified atom stereocenters. The number of amides is 2. The van der Waals surface area contributed by atoms with Crippen LogP contribution >= 0.6 is 11.6 Å². The van der Waals surface area contributed by atoms with Crippen molar-refractivity contribution in [2.45, 2.75) is 33.2 Å². The second kappa shape index (κ2) is 9.90. The van der Waals surface area contributed by atoms with E-state index in [1.54, 1.807) is 6.07 Å². The third-order valence-electron chi connectivity index (χ3n) is 4.01. The van der Waals surface area contributed by atoms with Crippen molar-refractivity contribution >= 4 is 35.1 Å². The number of carbonyl (C=O) groups is 3. The van der Waals surface area contributed by atoms with Crippen molar-refractivity contribution in [2.24, 2.45) is 0 Å². The summed E-state index contributed by atoms with van der Waals surface area (Å²) in [4.78, 5) is 35.7. The van der Waals surface area contributed by atoms with Crippen LogP contribution in [0.2, 0.25) is 5.02 Å². The van der Waals surface area contributed by atoms with Crippen molar-refractivity contribution in [1.29, 1.82) is 0 Å². The van der Waals surface area contributed by atoms with E-state index in [0.29, 0.717) is 10.7 Å². The third-order valence-corrected chi connectivity index (χ3v) is 4.31. The lowest BCUT2D eigenvalue weighted by Crippen LogP contribution is -2.29. The molecule has 6 nitrogen and oxygen atoms in total. The molecule has 2 N–H and O–H groups in total. The third kappa shape index (κ3) is 6.39. The normalized spacial score (nSPS) is 11.4. The second-order valence-electron chi connectivity index (χ2n) is 6.52. The Balaban J connectivity index is 1.93. The minimum absolute atomic E-state index is 0.0822.